The van der Waals surface area contributed by atoms with Crippen molar-refractivity contribution >= 4 is 16.8 Å². The summed E-state index contributed by atoms with van der Waals surface area (Å²) in [6, 6.07) is 9.51. The van der Waals surface area contributed by atoms with Gasteiger partial charge in [-0.25, -0.2) is 0 Å². The number of carbonyl (C=O) groups is 1. The van der Waals surface area contributed by atoms with Crippen molar-refractivity contribution in [3.63, 3.8) is 0 Å². The van der Waals surface area contributed by atoms with Crippen molar-refractivity contribution < 1.29 is 14.6 Å². The molecule has 1 aromatic heterocycles. The average Bonchev–Trinajstić information content (AvgIpc) is 2.61. The van der Waals surface area contributed by atoms with Gasteiger partial charge in [0.1, 0.15) is 0 Å². The van der Waals surface area contributed by atoms with Crippen LogP contribution in [0.25, 0.3) is 10.9 Å². The second kappa shape index (κ2) is 7.53. The van der Waals surface area contributed by atoms with E-state index < -0.39 is 0 Å². The summed E-state index contributed by atoms with van der Waals surface area (Å²) < 4.78 is 5.71. The Morgan fingerprint density at radius 2 is 2.13 bits per heavy atom. The molecular formula is C18H22N2O3. The molecule has 1 saturated heterocycles. The van der Waals surface area contributed by atoms with E-state index in [0.717, 1.165) is 23.7 Å². The van der Waals surface area contributed by atoms with Crippen LogP contribution in [0.4, 0.5) is 0 Å². The second-order valence-corrected chi connectivity index (χ2v) is 5.85. The van der Waals surface area contributed by atoms with Crippen molar-refractivity contribution in [1.82, 2.24) is 9.88 Å². The Balaban J connectivity index is 1.60. The molecular weight excluding hydrogens is 292 g/mol. The lowest BCUT2D eigenvalue weighted by atomic mass is 10.1. The maximum absolute atomic E-state index is 12.6. The molecule has 0 bridgehead atoms. The summed E-state index contributed by atoms with van der Waals surface area (Å²) in [6.45, 7) is 2.18. The molecule has 23 heavy (non-hydrogen) atoms. The number of likely N-dealkylation sites (tertiary alicyclic amines) is 1. The van der Waals surface area contributed by atoms with Crippen molar-refractivity contribution in [3.05, 3.63) is 42.1 Å². The molecule has 0 radical (unpaired) electrons. The van der Waals surface area contributed by atoms with Crippen LogP contribution < -0.4 is 0 Å². The van der Waals surface area contributed by atoms with E-state index in [9.17, 15) is 4.79 Å². The molecule has 0 saturated carbocycles. The Kier molecular flexibility index (Phi) is 5.20. The summed E-state index contributed by atoms with van der Waals surface area (Å²) in [6.07, 6.45) is 4.33. The smallest absolute Gasteiger partial charge is 0.253 e. The van der Waals surface area contributed by atoms with Gasteiger partial charge in [0.05, 0.1) is 11.6 Å². The van der Waals surface area contributed by atoms with E-state index >= 15 is 0 Å². The third-order valence-corrected chi connectivity index (χ3v) is 4.24. The van der Waals surface area contributed by atoms with Crippen molar-refractivity contribution in [2.75, 3.05) is 26.3 Å². The van der Waals surface area contributed by atoms with Crippen LogP contribution in [0.5, 0.6) is 0 Å². The standard InChI is InChI=1S/C18H22N2O3/c21-11-2-12-23-16-6-9-20(10-7-16)18(22)15-4-5-17-14(13-15)3-1-8-19-17/h1,3-5,8,13,16,21H,2,6-7,9-12H2. The van der Waals surface area contributed by atoms with Crippen molar-refractivity contribution in [2.45, 2.75) is 25.4 Å². The lowest BCUT2D eigenvalue weighted by Crippen LogP contribution is -2.41. The minimum absolute atomic E-state index is 0.0737. The third-order valence-electron chi connectivity index (χ3n) is 4.24. The number of hydrogen-bond acceptors (Lipinski definition) is 4. The van der Waals surface area contributed by atoms with Gasteiger partial charge in [0.25, 0.3) is 5.91 Å². The Labute approximate surface area is 135 Å². The van der Waals surface area contributed by atoms with E-state index in [4.69, 9.17) is 9.84 Å². The summed E-state index contributed by atoms with van der Waals surface area (Å²) >= 11 is 0. The van der Waals surface area contributed by atoms with E-state index in [1.165, 1.54) is 0 Å². The van der Waals surface area contributed by atoms with Crippen LogP contribution in [-0.4, -0.2) is 53.3 Å². The van der Waals surface area contributed by atoms with Crippen molar-refractivity contribution in [2.24, 2.45) is 0 Å². The molecule has 5 nitrogen and oxygen atoms in total. The number of aromatic nitrogens is 1. The fraction of sp³-hybridized carbons (Fsp3) is 0.444. The molecule has 5 heteroatoms. The van der Waals surface area contributed by atoms with Crippen molar-refractivity contribution in [3.8, 4) is 0 Å². The molecule has 3 rings (SSSR count). The van der Waals surface area contributed by atoms with Gasteiger partial charge in [-0.15, -0.1) is 0 Å². The molecule has 1 N–H and O–H groups in total. The van der Waals surface area contributed by atoms with Gasteiger partial charge in [-0.05, 0) is 43.5 Å². The number of ether oxygens (including phenoxy) is 1. The molecule has 0 unspecified atom stereocenters. The largest absolute Gasteiger partial charge is 0.396 e. The quantitative estimate of drug-likeness (QED) is 0.860. The van der Waals surface area contributed by atoms with Gasteiger partial charge >= 0.3 is 0 Å². The van der Waals surface area contributed by atoms with E-state index in [1.807, 2.05) is 35.2 Å². The Bertz CT molecular complexity index is 666. The second-order valence-electron chi connectivity index (χ2n) is 5.85. The topological polar surface area (TPSA) is 62.7 Å². The number of pyridine rings is 1. The fourth-order valence-electron chi connectivity index (χ4n) is 2.93. The van der Waals surface area contributed by atoms with E-state index in [2.05, 4.69) is 4.98 Å². The van der Waals surface area contributed by atoms with Gasteiger partial charge in [0, 0.05) is 43.4 Å². The number of carbonyl (C=O) groups excluding carboxylic acids is 1. The number of fused-ring (bicyclic) bond motifs is 1. The molecule has 1 aliphatic heterocycles. The zero-order valence-electron chi connectivity index (χ0n) is 13.1. The van der Waals surface area contributed by atoms with E-state index in [-0.39, 0.29) is 18.6 Å². The highest BCUT2D eigenvalue weighted by Crippen LogP contribution is 2.19. The first-order valence-corrected chi connectivity index (χ1v) is 8.14. The maximum atomic E-state index is 12.6. The zero-order valence-corrected chi connectivity index (χ0v) is 13.1. The SMILES string of the molecule is O=C(c1ccc2ncccc2c1)N1CCC(OCCCO)CC1. The van der Waals surface area contributed by atoms with E-state index in [1.54, 1.807) is 6.20 Å². The molecule has 122 valence electrons. The molecule has 1 aliphatic rings. The van der Waals surface area contributed by atoms with Gasteiger partial charge in [-0.1, -0.05) is 6.07 Å². The van der Waals surface area contributed by atoms with Gasteiger partial charge in [0.2, 0.25) is 0 Å². The molecule has 1 fully saturated rings. The number of nitrogens with zero attached hydrogens (tertiary/aromatic N) is 2. The minimum atomic E-state index is 0.0737. The highest BCUT2D eigenvalue weighted by molar-refractivity contribution is 5.97. The number of aliphatic hydroxyl groups is 1. The summed E-state index contributed by atoms with van der Waals surface area (Å²) in [5, 5.41) is 9.76. The molecule has 0 atom stereocenters. The number of rotatable bonds is 5. The highest BCUT2D eigenvalue weighted by Gasteiger charge is 2.24. The van der Waals surface area contributed by atoms with Crippen LogP contribution in [0.15, 0.2) is 36.5 Å². The van der Waals surface area contributed by atoms with Gasteiger partial charge in [0.15, 0.2) is 0 Å². The first kappa shape index (κ1) is 15.9. The fourth-order valence-corrected chi connectivity index (χ4v) is 2.93. The lowest BCUT2D eigenvalue weighted by molar-refractivity contribution is 0.00398. The normalized spacial score (nSPS) is 16.0. The predicted molar refractivity (Wildman–Crippen MR) is 88.3 cm³/mol. The van der Waals surface area contributed by atoms with Crippen molar-refractivity contribution in [1.29, 1.82) is 0 Å². The summed E-state index contributed by atoms with van der Waals surface area (Å²) in [5.41, 5.74) is 1.62. The van der Waals surface area contributed by atoms with Crippen LogP contribution in [-0.2, 0) is 4.74 Å². The molecule has 1 aromatic carbocycles. The number of hydrogen-bond donors (Lipinski definition) is 1. The first-order chi connectivity index (χ1) is 11.3. The van der Waals surface area contributed by atoms with Crippen LogP contribution in [0.2, 0.25) is 0 Å². The zero-order chi connectivity index (χ0) is 16.1. The maximum Gasteiger partial charge on any atom is 0.253 e. The summed E-state index contributed by atoms with van der Waals surface area (Å²) in [5.74, 6) is 0.0737. The monoisotopic (exact) mass is 314 g/mol. The molecule has 2 aromatic rings. The Hall–Kier alpha value is -1.98. The minimum Gasteiger partial charge on any atom is -0.396 e. The average molecular weight is 314 g/mol. The van der Waals surface area contributed by atoms with Crippen LogP contribution >= 0.6 is 0 Å². The highest BCUT2D eigenvalue weighted by atomic mass is 16.5. The molecule has 1 amide bonds. The molecule has 0 aliphatic carbocycles. The third kappa shape index (κ3) is 3.86. The number of benzene rings is 1. The Morgan fingerprint density at radius 1 is 1.30 bits per heavy atom. The number of piperidine rings is 1. The first-order valence-electron chi connectivity index (χ1n) is 8.14. The summed E-state index contributed by atoms with van der Waals surface area (Å²) in [7, 11) is 0. The van der Waals surface area contributed by atoms with Crippen LogP contribution in [0, 0.1) is 0 Å². The van der Waals surface area contributed by atoms with E-state index in [0.29, 0.717) is 31.7 Å². The molecule has 0 spiro atoms. The number of amides is 1. The van der Waals surface area contributed by atoms with Crippen LogP contribution in [0.3, 0.4) is 0 Å². The number of aliphatic hydroxyl groups excluding tert-OH is 1. The van der Waals surface area contributed by atoms with Crippen LogP contribution in [0.1, 0.15) is 29.6 Å². The van der Waals surface area contributed by atoms with Gasteiger partial charge in [-0.3, -0.25) is 9.78 Å². The Morgan fingerprint density at radius 3 is 2.91 bits per heavy atom. The molecule has 2 heterocycles. The lowest BCUT2D eigenvalue weighted by Gasteiger charge is -2.32. The van der Waals surface area contributed by atoms with Gasteiger partial charge in [-0.2, -0.15) is 0 Å². The predicted octanol–water partition coefficient (Wildman–Crippen LogP) is 2.24. The summed E-state index contributed by atoms with van der Waals surface area (Å²) in [4.78, 5) is 18.8. The van der Waals surface area contributed by atoms with Gasteiger partial charge < -0.3 is 14.7 Å².